The molecule has 0 aliphatic carbocycles. The van der Waals surface area contributed by atoms with Gasteiger partial charge in [0.25, 0.3) is 5.91 Å². The van der Waals surface area contributed by atoms with Gasteiger partial charge in [-0.1, -0.05) is 12.1 Å². The second-order valence-electron chi connectivity index (χ2n) is 6.52. The summed E-state index contributed by atoms with van der Waals surface area (Å²) in [7, 11) is 0. The topological polar surface area (TPSA) is 70.0 Å². The third kappa shape index (κ3) is 3.95. The van der Waals surface area contributed by atoms with Crippen molar-refractivity contribution >= 4 is 40.2 Å². The van der Waals surface area contributed by atoms with E-state index in [1.165, 1.54) is 4.90 Å². The van der Waals surface area contributed by atoms with Crippen LogP contribution in [0.5, 0.6) is 0 Å². The van der Waals surface area contributed by atoms with Crippen LogP contribution in [0.25, 0.3) is 0 Å². The third-order valence-electron chi connectivity index (χ3n) is 4.52. The standard InChI is InChI=1S/C21H20N2O3S/c1-12-5-7-16(9-14(12)3)22-21-23(17-8-6-13(2)15(4)10-17)20(26)18(27-21)11-19(24)25/h5-11H,1-4H3,(H,24,25). The van der Waals surface area contributed by atoms with Crippen LogP contribution in [0.2, 0.25) is 0 Å². The average molecular weight is 380 g/mol. The maximum Gasteiger partial charge on any atom is 0.329 e. The number of carbonyl (C=O) groups is 2. The van der Waals surface area contributed by atoms with E-state index in [9.17, 15) is 9.59 Å². The van der Waals surface area contributed by atoms with Gasteiger partial charge in [0.15, 0.2) is 5.17 Å². The highest BCUT2D eigenvalue weighted by atomic mass is 32.2. The number of hydrogen-bond acceptors (Lipinski definition) is 4. The van der Waals surface area contributed by atoms with Gasteiger partial charge in [0.1, 0.15) is 0 Å². The molecule has 5 nitrogen and oxygen atoms in total. The van der Waals surface area contributed by atoms with Crippen LogP contribution >= 0.6 is 11.8 Å². The quantitative estimate of drug-likeness (QED) is 0.787. The monoisotopic (exact) mass is 380 g/mol. The Morgan fingerprint density at radius 1 is 1.00 bits per heavy atom. The first-order valence-electron chi connectivity index (χ1n) is 8.46. The smallest absolute Gasteiger partial charge is 0.329 e. The van der Waals surface area contributed by atoms with E-state index in [1.807, 2.05) is 64.1 Å². The van der Waals surface area contributed by atoms with Gasteiger partial charge in [0.2, 0.25) is 0 Å². The van der Waals surface area contributed by atoms with Gasteiger partial charge in [0, 0.05) is 6.08 Å². The molecule has 1 aliphatic rings. The molecule has 0 spiro atoms. The van der Waals surface area contributed by atoms with Crippen molar-refractivity contribution < 1.29 is 14.7 Å². The minimum Gasteiger partial charge on any atom is -0.478 e. The molecule has 1 fully saturated rings. The molecule has 0 aromatic heterocycles. The molecule has 138 valence electrons. The Kier molecular flexibility index (Phi) is 5.19. The number of benzene rings is 2. The molecule has 0 atom stereocenters. The van der Waals surface area contributed by atoms with Crippen molar-refractivity contribution in [2.75, 3.05) is 4.90 Å². The van der Waals surface area contributed by atoms with Gasteiger partial charge in [-0.25, -0.2) is 9.79 Å². The first-order chi connectivity index (χ1) is 12.8. The van der Waals surface area contributed by atoms with E-state index in [4.69, 9.17) is 5.11 Å². The van der Waals surface area contributed by atoms with Crippen LogP contribution in [0, 0.1) is 27.7 Å². The highest BCUT2D eigenvalue weighted by Gasteiger charge is 2.35. The second-order valence-corrected chi connectivity index (χ2v) is 7.53. The van der Waals surface area contributed by atoms with Crippen molar-refractivity contribution in [1.82, 2.24) is 0 Å². The van der Waals surface area contributed by atoms with Crippen LogP contribution in [0.15, 0.2) is 52.4 Å². The molecule has 0 radical (unpaired) electrons. The number of nitrogens with zero attached hydrogens (tertiary/aromatic N) is 2. The van der Waals surface area contributed by atoms with Crippen LogP contribution in [-0.4, -0.2) is 22.2 Å². The van der Waals surface area contributed by atoms with Crippen LogP contribution in [0.4, 0.5) is 11.4 Å². The lowest BCUT2D eigenvalue weighted by atomic mass is 10.1. The molecule has 3 rings (SSSR count). The zero-order valence-electron chi connectivity index (χ0n) is 15.6. The summed E-state index contributed by atoms with van der Waals surface area (Å²) in [5.41, 5.74) is 5.82. The molecule has 0 bridgehead atoms. The Morgan fingerprint density at radius 3 is 2.22 bits per heavy atom. The number of thioether (sulfide) groups is 1. The van der Waals surface area contributed by atoms with E-state index in [2.05, 4.69) is 4.99 Å². The summed E-state index contributed by atoms with van der Waals surface area (Å²) >= 11 is 1.07. The predicted octanol–water partition coefficient (Wildman–Crippen LogP) is 4.66. The largest absolute Gasteiger partial charge is 0.478 e. The molecule has 1 amide bonds. The highest BCUT2D eigenvalue weighted by molar-refractivity contribution is 8.19. The van der Waals surface area contributed by atoms with Gasteiger partial charge in [-0.3, -0.25) is 9.69 Å². The molecule has 2 aromatic rings. The van der Waals surface area contributed by atoms with Gasteiger partial charge in [0.05, 0.1) is 16.3 Å². The minimum atomic E-state index is -1.15. The van der Waals surface area contributed by atoms with E-state index >= 15 is 0 Å². The SMILES string of the molecule is Cc1ccc(N=C2SC(=CC(=O)O)C(=O)N2c2ccc(C)c(C)c2)cc1C. The van der Waals surface area contributed by atoms with E-state index in [0.29, 0.717) is 10.9 Å². The lowest BCUT2D eigenvalue weighted by Gasteiger charge is -2.17. The fourth-order valence-electron chi connectivity index (χ4n) is 2.66. The normalized spacial score (nSPS) is 17.2. The fourth-order valence-corrected chi connectivity index (χ4v) is 3.62. The van der Waals surface area contributed by atoms with Crippen molar-refractivity contribution in [3.63, 3.8) is 0 Å². The molecular formula is C21H20N2O3S. The summed E-state index contributed by atoms with van der Waals surface area (Å²) in [4.78, 5) is 30.2. The van der Waals surface area contributed by atoms with E-state index < -0.39 is 5.97 Å². The number of carbonyl (C=O) groups excluding carboxylic acids is 1. The van der Waals surface area contributed by atoms with Crippen LogP contribution < -0.4 is 4.90 Å². The summed E-state index contributed by atoms with van der Waals surface area (Å²) < 4.78 is 0. The van der Waals surface area contributed by atoms with Gasteiger partial charge < -0.3 is 5.11 Å². The Morgan fingerprint density at radius 2 is 1.63 bits per heavy atom. The number of aliphatic imine (C=N–C) groups is 1. The summed E-state index contributed by atoms with van der Waals surface area (Å²) in [5.74, 6) is -1.54. The molecule has 1 aliphatic heterocycles. The second kappa shape index (κ2) is 7.40. The number of anilines is 1. The van der Waals surface area contributed by atoms with Gasteiger partial charge in [-0.2, -0.15) is 0 Å². The van der Waals surface area contributed by atoms with Gasteiger partial charge >= 0.3 is 5.97 Å². The number of amides is 1. The van der Waals surface area contributed by atoms with Crippen LogP contribution in [0.1, 0.15) is 22.3 Å². The zero-order chi connectivity index (χ0) is 19.7. The highest BCUT2D eigenvalue weighted by Crippen LogP contribution is 2.37. The Balaban J connectivity index is 2.11. The van der Waals surface area contributed by atoms with Crippen molar-refractivity contribution in [2.24, 2.45) is 4.99 Å². The zero-order valence-corrected chi connectivity index (χ0v) is 16.4. The van der Waals surface area contributed by atoms with E-state index in [1.54, 1.807) is 0 Å². The molecule has 27 heavy (non-hydrogen) atoms. The summed E-state index contributed by atoms with van der Waals surface area (Å²) in [6.07, 6.45) is 0.934. The molecule has 0 saturated carbocycles. The van der Waals surface area contributed by atoms with Gasteiger partial charge in [-0.15, -0.1) is 0 Å². The van der Waals surface area contributed by atoms with Crippen LogP contribution in [-0.2, 0) is 9.59 Å². The van der Waals surface area contributed by atoms with Crippen molar-refractivity contribution in [3.05, 3.63) is 69.6 Å². The molecule has 1 heterocycles. The fraction of sp³-hybridized carbons (Fsp3) is 0.190. The molecule has 1 saturated heterocycles. The summed E-state index contributed by atoms with van der Waals surface area (Å²) in [6.45, 7) is 8.00. The van der Waals surface area contributed by atoms with Crippen molar-refractivity contribution in [3.8, 4) is 0 Å². The van der Waals surface area contributed by atoms with E-state index in [0.717, 1.165) is 45.8 Å². The molecule has 1 N–H and O–H groups in total. The molecular weight excluding hydrogens is 360 g/mol. The number of rotatable bonds is 3. The number of hydrogen-bond donors (Lipinski definition) is 1. The summed E-state index contributed by atoms with van der Waals surface area (Å²) in [6, 6.07) is 11.5. The summed E-state index contributed by atoms with van der Waals surface area (Å²) in [5, 5.41) is 9.52. The Hall–Kier alpha value is -2.86. The maximum absolute atomic E-state index is 12.9. The number of carboxylic acid groups (broad SMARTS) is 1. The van der Waals surface area contributed by atoms with Crippen molar-refractivity contribution in [1.29, 1.82) is 0 Å². The Bertz CT molecular complexity index is 1010. The maximum atomic E-state index is 12.9. The van der Waals surface area contributed by atoms with Crippen molar-refractivity contribution in [2.45, 2.75) is 27.7 Å². The molecule has 6 heteroatoms. The van der Waals surface area contributed by atoms with Gasteiger partial charge in [-0.05, 0) is 86.0 Å². The first-order valence-corrected chi connectivity index (χ1v) is 9.28. The molecule has 2 aromatic carbocycles. The van der Waals surface area contributed by atoms with E-state index in [-0.39, 0.29) is 10.8 Å². The number of aryl methyl sites for hydroxylation is 4. The third-order valence-corrected chi connectivity index (χ3v) is 5.49. The Labute approximate surface area is 162 Å². The number of aliphatic carboxylic acids is 1. The lowest BCUT2D eigenvalue weighted by Crippen LogP contribution is -2.29. The minimum absolute atomic E-state index is 0.142. The average Bonchev–Trinajstić information content (AvgIpc) is 2.88. The number of amidine groups is 1. The predicted molar refractivity (Wildman–Crippen MR) is 110 cm³/mol. The van der Waals surface area contributed by atoms with Crippen LogP contribution in [0.3, 0.4) is 0 Å². The number of carboxylic acids is 1. The molecule has 0 unspecified atom stereocenters. The first kappa shape index (κ1) is 18.9. The lowest BCUT2D eigenvalue weighted by molar-refractivity contribution is -0.131.